The molecule has 1 aliphatic rings. The van der Waals surface area contributed by atoms with E-state index in [9.17, 15) is 14.4 Å². The van der Waals surface area contributed by atoms with Crippen LogP contribution < -0.4 is 10.6 Å². The fourth-order valence-electron chi connectivity index (χ4n) is 4.36. The van der Waals surface area contributed by atoms with Crippen LogP contribution in [0.5, 0.6) is 0 Å². The largest absolute Gasteiger partial charge is 0.481 e. The number of amides is 2. The summed E-state index contributed by atoms with van der Waals surface area (Å²) >= 11 is 1.61. The molecule has 2 amide bonds. The Kier molecular flexibility index (Phi) is 7.51. The molecule has 0 aliphatic heterocycles. The van der Waals surface area contributed by atoms with Crippen molar-refractivity contribution >= 4 is 29.3 Å². The van der Waals surface area contributed by atoms with E-state index in [-0.39, 0.29) is 25.4 Å². The van der Waals surface area contributed by atoms with Gasteiger partial charge >= 0.3 is 12.1 Å². The van der Waals surface area contributed by atoms with Crippen LogP contribution in [-0.2, 0) is 20.9 Å². The Labute approximate surface area is 208 Å². The third-order valence-electron chi connectivity index (χ3n) is 6.44. The van der Waals surface area contributed by atoms with Crippen LogP contribution in [0.25, 0.3) is 11.1 Å². The Morgan fingerprint density at radius 1 is 1.03 bits per heavy atom. The molecule has 3 aromatic rings. The zero-order valence-corrected chi connectivity index (χ0v) is 20.5. The molecule has 0 saturated carbocycles. The Morgan fingerprint density at radius 2 is 1.66 bits per heavy atom. The quantitative estimate of drug-likeness (QED) is 0.400. The van der Waals surface area contributed by atoms with Crippen LogP contribution in [0.3, 0.4) is 0 Å². The number of benzene rings is 2. The summed E-state index contributed by atoms with van der Waals surface area (Å²) in [5.74, 6) is -1.59. The summed E-state index contributed by atoms with van der Waals surface area (Å²) in [6.07, 6.45) is -1.04. The molecule has 0 fully saturated rings. The molecule has 0 saturated heterocycles. The van der Waals surface area contributed by atoms with Gasteiger partial charge in [-0.05, 0) is 59.0 Å². The second-order valence-corrected chi connectivity index (χ2v) is 9.70. The number of aliphatic carboxylic acids is 1. The number of hydrogen-bond donors (Lipinski definition) is 3. The predicted molar refractivity (Wildman–Crippen MR) is 135 cm³/mol. The van der Waals surface area contributed by atoms with Gasteiger partial charge in [-0.15, -0.1) is 11.3 Å². The van der Waals surface area contributed by atoms with Crippen molar-refractivity contribution in [3.8, 4) is 11.1 Å². The zero-order valence-electron chi connectivity index (χ0n) is 19.7. The van der Waals surface area contributed by atoms with E-state index >= 15 is 0 Å². The van der Waals surface area contributed by atoms with Gasteiger partial charge in [0.25, 0.3) is 0 Å². The van der Waals surface area contributed by atoms with Gasteiger partial charge in [0, 0.05) is 23.8 Å². The number of alkyl carbamates (subject to hydrolysis) is 1. The molecule has 7 nitrogen and oxygen atoms in total. The lowest BCUT2D eigenvalue weighted by atomic mass is 9.98. The fourth-order valence-corrected chi connectivity index (χ4v) is 5.25. The molecule has 4 rings (SSSR count). The van der Waals surface area contributed by atoms with Gasteiger partial charge in [0.05, 0.1) is 0 Å². The second-order valence-electron chi connectivity index (χ2n) is 8.61. The number of carboxylic acid groups (broad SMARTS) is 1. The second kappa shape index (κ2) is 10.7. The monoisotopic (exact) mass is 492 g/mol. The van der Waals surface area contributed by atoms with E-state index in [0.29, 0.717) is 6.54 Å². The highest BCUT2D eigenvalue weighted by atomic mass is 32.1. The average molecular weight is 493 g/mol. The summed E-state index contributed by atoms with van der Waals surface area (Å²) in [7, 11) is 0. The average Bonchev–Trinajstić information content (AvgIpc) is 3.35. The molecule has 1 heterocycles. The fraction of sp³-hybridized carbons (Fsp3) is 0.296. The van der Waals surface area contributed by atoms with Crippen LogP contribution in [-0.4, -0.2) is 35.7 Å². The van der Waals surface area contributed by atoms with Gasteiger partial charge in [0.15, 0.2) is 0 Å². The number of nitrogens with one attached hydrogen (secondary N) is 2. The first-order chi connectivity index (χ1) is 16.8. The smallest absolute Gasteiger partial charge is 0.407 e. The normalized spacial score (nSPS) is 13.0. The molecule has 35 heavy (non-hydrogen) atoms. The van der Waals surface area contributed by atoms with Crippen LogP contribution in [0.15, 0.2) is 53.9 Å². The third kappa shape index (κ3) is 5.54. The van der Waals surface area contributed by atoms with Crippen LogP contribution in [0.1, 0.15) is 45.9 Å². The van der Waals surface area contributed by atoms with E-state index in [0.717, 1.165) is 33.4 Å². The van der Waals surface area contributed by atoms with E-state index in [2.05, 4.69) is 22.8 Å². The lowest BCUT2D eigenvalue weighted by Gasteiger charge is -2.19. The maximum Gasteiger partial charge on any atom is 0.407 e. The van der Waals surface area contributed by atoms with Crippen molar-refractivity contribution in [3.05, 3.63) is 81.0 Å². The molecule has 0 radical (unpaired) electrons. The molecule has 0 spiro atoms. The number of ether oxygens (including phenoxy) is 1. The zero-order chi connectivity index (χ0) is 24.9. The predicted octanol–water partition coefficient (Wildman–Crippen LogP) is 4.75. The molecule has 3 N–H and O–H groups in total. The first-order valence-electron chi connectivity index (χ1n) is 11.5. The molecular weight excluding hydrogens is 464 g/mol. The lowest BCUT2D eigenvalue weighted by Crippen LogP contribution is -2.47. The topological polar surface area (TPSA) is 105 Å². The molecule has 1 atom stereocenters. The summed E-state index contributed by atoms with van der Waals surface area (Å²) in [5, 5.41) is 16.4. The van der Waals surface area contributed by atoms with Crippen LogP contribution in [0, 0.1) is 13.8 Å². The molecule has 0 bridgehead atoms. The van der Waals surface area contributed by atoms with Crippen LogP contribution >= 0.6 is 11.3 Å². The number of fused-ring (bicyclic) bond motifs is 3. The maximum atomic E-state index is 12.8. The molecule has 1 unspecified atom stereocenters. The summed E-state index contributed by atoms with van der Waals surface area (Å²) in [6.45, 7) is 4.43. The van der Waals surface area contributed by atoms with E-state index in [1.807, 2.05) is 55.6 Å². The maximum absolute atomic E-state index is 12.8. The highest BCUT2D eigenvalue weighted by Crippen LogP contribution is 2.44. The van der Waals surface area contributed by atoms with Crippen molar-refractivity contribution in [3.63, 3.8) is 0 Å². The highest BCUT2D eigenvalue weighted by molar-refractivity contribution is 7.10. The van der Waals surface area contributed by atoms with Gasteiger partial charge in [-0.1, -0.05) is 48.5 Å². The lowest BCUT2D eigenvalue weighted by molar-refractivity contribution is -0.137. The minimum absolute atomic E-state index is 0.0347. The molecule has 2 aromatic carbocycles. The van der Waals surface area contributed by atoms with E-state index in [1.54, 1.807) is 11.3 Å². The number of carboxylic acids is 1. The SMILES string of the molecule is Cc1scc(CNC(=O)C(CCC(=O)O)NC(=O)OCC2c3ccccc3-c3ccccc32)c1C. The first-order valence-corrected chi connectivity index (χ1v) is 12.4. The Balaban J connectivity index is 1.39. The number of carbonyl (C=O) groups excluding carboxylic acids is 2. The first kappa shape index (κ1) is 24.5. The van der Waals surface area contributed by atoms with E-state index in [1.165, 1.54) is 4.88 Å². The van der Waals surface area contributed by atoms with Crippen molar-refractivity contribution in [1.82, 2.24) is 10.6 Å². The van der Waals surface area contributed by atoms with Crippen LogP contribution in [0.4, 0.5) is 4.79 Å². The summed E-state index contributed by atoms with van der Waals surface area (Å²) in [6, 6.07) is 15.0. The molecule has 1 aliphatic carbocycles. The Morgan fingerprint density at radius 3 is 2.23 bits per heavy atom. The van der Waals surface area contributed by atoms with Gasteiger partial charge in [0.2, 0.25) is 5.91 Å². The van der Waals surface area contributed by atoms with Gasteiger partial charge in [-0.2, -0.15) is 0 Å². The Bertz CT molecular complexity index is 1210. The standard InChI is InChI=1S/C27H28N2O5S/c1-16-17(2)35-15-18(16)13-28-26(32)24(11-12-25(30)31)29-27(33)34-14-23-21-9-5-3-7-19(21)20-8-4-6-10-22(20)23/h3-10,15,23-24H,11-14H2,1-2H3,(H,28,32)(H,29,33)(H,30,31). The summed E-state index contributed by atoms with van der Waals surface area (Å²) in [5.41, 5.74) is 6.52. The van der Waals surface area contributed by atoms with Crippen molar-refractivity contribution in [2.24, 2.45) is 0 Å². The van der Waals surface area contributed by atoms with E-state index in [4.69, 9.17) is 9.84 Å². The highest BCUT2D eigenvalue weighted by Gasteiger charge is 2.30. The molecular formula is C27H28N2O5S. The van der Waals surface area contributed by atoms with Crippen molar-refractivity contribution in [2.45, 2.75) is 45.2 Å². The number of rotatable bonds is 9. The summed E-state index contributed by atoms with van der Waals surface area (Å²) < 4.78 is 5.54. The minimum atomic E-state index is -1.04. The molecule has 1 aromatic heterocycles. The third-order valence-corrected chi connectivity index (χ3v) is 7.50. The van der Waals surface area contributed by atoms with Crippen molar-refractivity contribution in [1.29, 1.82) is 0 Å². The number of thiophene rings is 1. The number of hydrogen-bond acceptors (Lipinski definition) is 5. The van der Waals surface area contributed by atoms with Crippen molar-refractivity contribution in [2.75, 3.05) is 6.61 Å². The van der Waals surface area contributed by atoms with E-state index < -0.39 is 24.0 Å². The summed E-state index contributed by atoms with van der Waals surface area (Å²) in [4.78, 5) is 37.7. The number of carbonyl (C=O) groups is 3. The Hall–Kier alpha value is -3.65. The van der Waals surface area contributed by atoms with Gasteiger partial charge < -0.3 is 20.5 Å². The van der Waals surface area contributed by atoms with Crippen molar-refractivity contribution < 1.29 is 24.2 Å². The molecule has 8 heteroatoms. The van der Waals surface area contributed by atoms with Gasteiger partial charge in [-0.3, -0.25) is 9.59 Å². The van der Waals surface area contributed by atoms with Gasteiger partial charge in [0.1, 0.15) is 12.6 Å². The molecule has 182 valence electrons. The van der Waals surface area contributed by atoms with Crippen LogP contribution in [0.2, 0.25) is 0 Å². The number of aryl methyl sites for hydroxylation is 1. The minimum Gasteiger partial charge on any atom is -0.481 e. The van der Waals surface area contributed by atoms with Gasteiger partial charge in [-0.25, -0.2) is 4.79 Å².